The van der Waals surface area contributed by atoms with E-state index in [1.54, 1.807) is 0 Å². The number of halogens is 2. The predicted octanol–water partition coefficient (Wildman–Crippen LogP) is 2.87. The van der Waals surface area contributed by atoms with Crippen LogP contribution in [0.2, 0.25) is 0 Å². The van der Waals surface area contributed by atoms with Gasteiger partial charge in [-0.2, -0.15) is 0 Å². The van der Waals surface area contributed by atoms with Crippen LogP contribution in [-0.2, 0) is 9.53 Å². The van der Waals surface area contributed by atoms with Crippen LogP contribution in [0.5, 0.6) is 0 Å². The molecule has 0 aliphatic carbocycles. The Labute approximate surface area is 142 Å². The lowest BCUT2D eigenvalue weighted by atomic mass is 9.94. The van der Waals surface area contributed by atoms with Gasteiger partial charge >= 0.3 is 5.97 Å². The molecule has 1 aliphatic rings. The fourth-order valence-electron chi connectivity index (χ4n) is 2.70. The minimum atomic E-state index is -0.0897. The van der Waals surface area contributed by atoms with Crippen LogP contribution in [-0.4, -0.2) is 43.7 Å². The van der Waals surface area contributed by atoms with Crippen LogP contribution < -0.4 is 5.73 Å². The molecule has 0 bridgehead atoms. The van der Waals surface area contributed by atoms with Gasteiger partial charge in [0.1, 0.15) is 6.61 Å². The summed E-state index contributed by atoms with van der Waals surface area (Å²) in [5.74, 6) is 0.755. The zero-order valence-electron chi connectivity index (χ0n) is 13.4. The van der Waals surface area contributed by atoms with Crippen molar-refractivity contribution in [3.63, 3.8) is 0 Å². The minimum Gasteiger partial charge on any atom is -0.464 e. The van der Waals surface area contributed by atoms with E-state index >= 15 is 0 Å². The second-order valence-corrected chi connectivity index (χ2v) is 6.06. The molecule has 0 radical (unpaired) electrons. The Hall–Kier alpha value is -0.0300. The Bertz CT molecular complexity index is 260. The molecule has 0 spiro atoms. The van der Waals surface area contributed by atoms with Crippen molar-refractivity contribution in [2.75, 3.05) is 32.8 Å². The number of esters is 1. The maximum Gasteiger partial charge on any atom is 0.306 e. The van der Waals surface area contributed by atoms with Gasteiger partial charge < -0.3 is 10.5 Å². The summed E-state index contributed by atoms with van der Waals surface area (Å²) < 4.78 is 5.32. The number of piperidine rings is 1. The number of likely N-dealkylation sites (tertiary alicyclic amines) is 1. The average molecular weight is 343 g/mol. The molecule has 0 aromatic carbocycles. The molecule has 4 nitrogen and oxygen atoms in total. The molecular formula is C15H32Cl2N2O2. The van der Waals surface area contributed by atoms with Gasteiger partial charge in [0.05, 0.1) is 0 Å². The zero-order chi connectivity index (χ0) is 14.1. The smallest absolute Gasteiger partial charge is 0.306 e. The van der Waals surface area contributed by atoms with E-state index in [9.17, 15) is 4.79 Å². The molecule has 1 heterocycles. The molecule has 1 atom stereocenters. The summed E-state index contributed by atoms with van der Waals surface area (Å²) in [6, 6.07) is 0. The van der Waals surface area contributed by atoms with Gasteiger partial charge in [-0.25, -0.2) is 0 Å². The molecule has 0 saturated carbocycles. The molecule has 0 aromatic rings. The van der Waals surface area contributed by atoms with Gasteiger partial charge in [0.25, 0.3) is 0 Å². The maximum absolute atomic E-state index is 11.7. The third-order valence-corrected chi connectivity index (χ3v) is 3.71. The summed E-state index contributed by atoms with van der Waals surface area (Å²) in [5, 5.41) is 0. The quantitative estimate of drug-likeness (QED) is 0.689. The lowest BCUT2D eigenvalue weighted by Crippen LogP contribution is -2.33. The van der Waals surface area contributed by atoms with Crippen molar-refractivity contribution < 1.29 is 9.53 Å². The number of nitrogens with zero attached hydrogens (tertiary/aromatic N) is 1. The van der Waals surface area contributed by atoms with Crippen molar-refractivity contribution in [1.82, 2.24) is 4.90 Å². The highest BCUT2D eigenvalue weighted by Crippen LogP contribution is 2.15. The molecule has 1 aliphatic heterocycles. The topological polar surface area (TPSA) is 55.6 Å². The summed E-state index contributed by atoms with van der Waals surface area (Å²) in [6.45, 7) is 8.59. The Balaban J connectivity index is 0. The molecule has 6 heteroatoms. The standard InChI is InChI=1S/C15H30N2O2.2ClH/c1-13(2)10-14(12-16)11-15(18)19-9-8-17-6-4-3-5-7-17;;/h13-14H,3-12,16H2,1-2H3;2*1H/t14-;;/m0../s1. The normalized spacial score (nSPS) is 16.8. The molecule has 21 heavy (non-hydrogen) atoms. The van der Waals surface area contributed by atoms with E-state index in [1.165, 1.54) is 19.3 Å². The summed E-state index contributed by atoms with van der Waals surface area (Å²) in [5.41, 5.74) is 5.70. The van der Waals surface area contributed by atoms with Crippen molar-refractivity contribution in [1.29, 1.82) is 0 Å². The third-order valence-electron chi connectivity index (χ3n) is 3.71. The van der Waals surface area contributed by atoms with Gasteiger partial charge in [-0.3, -0.25) is 9.69 Å². The minimum absolute atomic E-state index is 0. The fraction of sp³-hybridized carbons (Fsp3) is 0.933. The fourth-order valence-corrected chi connectivity index (χ4v) is 2.70. The zero-order valence-corrected chi connectivity index (χ0v) is 15.0. The number of rotatable bonds is 8. The van der Waals surface area contributed by atoms with Crippen LogP contribution in [0.4, 0.5) is 0 Å². The van der Waals surface area contributed by atoms with Crippen LogP contribution in [0, 0.1) is 11.8 Å². The Morgan fingerprint density at radius 1 is 1.19 bits per heavy atom. The van der Waals surface area contributed by atoms with Gasteiger partial charge in [0, 0.05) is 13.0 Å². The largest absolute Gasteiger partial charge is 0.464 e. The van der Waals surface area contributed by atoms with E-state index in [2.05, 4.69) is 18.7 Å². The van der Waals surface area contributed by atoms with E-state index in [0.29, 0.717) is 25.5 Å². The van der Waals surface area contributed by atoms with E-state index in [0.717, 1.165) is 26.1 Å². The van der Waals surface area contributed by atoms with E-state index < -0.39 is 0 Å². The summed E-state index contributed by atoms with van der Waals surface area (Å²) in [6.07, 6.45) is 5.35. The van der Waals surface area contributed by atoms with Gasteiger partial charge in [0.15, 0.2) is 0 Å². The molecule has 2 N–H and O–H groups in total. The lowest BCUT2D eigenvalue weighted by molar-refractivity contribution is -0.145. The highest BCUT2D eigenvalue weighted by molar-refractivity contribution is 5.85. The number of carbonyl (C=O) groups excluding carboxylic acids is 1. The average Bonchev–Trinajstić information content (AvgIpc) is 2.38. The van der Waals surface area contributed by atoms with Crippen LogP contribution in [0.25, 0.3) is 0 Å². The summed E-state index contributed by atoms with van der Waals surface area (Å²) in [4.78, 5) is 14.1. The van der Waals surface area contributed by atoms with E-state index in [-0.39, 0.29) is 36.7 Å². The predicted molar refractivity (Wildman–Crippen MR) is 92.4 cm³/mol. The number of hydrogen-bond donors (Lipinski definition) is 1. The van der Waals surface area contributed by atoms with Crippen molar-refractivity contribution in [3.8, 4) is 0 Å². The Morgan fingerprint density at radius 3 is 2.33 bits per heavy atom. The number of hydrogen-bond acceptors (Lipinski definition) is 4. The second kappa shape index (κ2) is 13.6. The molecule has 1 rings (SSSR count). The first-order valence-corrected chi connectivity index (χ1v) is 7.70. The summed E-state index contributed by atoms with van der Waals surface area (Å²) >= 11 is 0. The maximum atomic E-state index is 11.7. The van der Waals surface area contributed by atoms with Crippen molar-refractivity contribution in [3.05, 3.63) is 0 Å². The molecule has 0 unspecified atom stereocenters. The van der Waals surface area contributed by atoms with Gasteiger partial charge in [-0.15, -0.1) is 24.8 Å². The first kappa shape index (κ1) is 23.2. The van der Waals surface area contributed by atoms with Crippen LogP contribution in [0.15, 0.2) is 0 Å². The SMILES string of the molecule is CC(C)C[C@H](CN)CC(=O)OCCN1CCCCC1.Cl.Cl. The van der Waals surface area contributed by atoms with Crippen molar-refractivity contribution >= 4 is 30.8 Å². The summed E-state index contributed by atoms with van der Waals surface area (Å²) in [7, 11) is 0. The van der Waals surface area contributed by atoms with Crippen LogP contribution in [0.1, 0.15) is 46.0 Å². The Kier molecular flexibility index (Phi) is 15.1. The number of ether oxygens (including phenoxy) is 1. The van der Waals surface area contributed by atoms with Crippen molar-refractivity contribution in [2.24, 2.45) is 17.6 Å². The van der Waals surface area contributed by atoms with Crippen LogP contribution >= 0.6 is 24.8 Å². The number of carbonyl (C=O) groups is 1. The van der Waals surface area contributed by atoms with E-state index in [4.69, 9.17) is 10.5 Å². The Morgan fingerprint density at radius 2 is 1.81 bits per heavy atom. The molecule has 128 valence electrons. The van der Waals surface area contributed by atoms with Gasteiger partial charge in [-0.05, 0) is 50.7 Å². The highest BCUT2D eigenvalue weighted by Gasteiger charge is 2.16. The first-order valence-electron chi connectivity index (χ1n) is 7.70. The molecule has 0 aromatic heterocycles. The monoisotopic (exact) mass is 342 g/mol. The lowest BCUT2D eigenvalue weighted by Gasteiger charge is -2.26. The molecule has 1 fully saturated rings. The first-order chi connectivity index (χ1) is 9.11. The molecule has 1 saturated heterocycles. The highest BCUT2D eigenvalue weighted by atomic mass is 35.5. The van der Waals surface area contributed by atoms with Crippen LogP contribution in [0.3, 0.4) is 0 Å². The third kappa shape index (κ3) is 11.2. The van der Waals surface area contributed by atoms with Gasteiger partial charge in [0.2, 0.25) is 0 Å². The second-order valence-electron chi connectivity index (χ2n) is 6.06. The van der Waals surface area contributed by atoms with Gasteiger partial charge in [-0.1, -0.05) is 20.3 Å². The van der Waals surface area contributed by atoms with E-state index in [1.807, 2.05) is 0 Å². The van der Waals surface area contributed by atoms with Crippen molar-refractivity contribution in [2.45, 2.75) is 46.0 Å². The molecular weight excluding hydrogens is 311 g/mol. The number of nitrogens with two attached hydrogens (primary N) is 1. The molecule has 0 amide bonds.